The molecule has 0 unspecified atom stereocenters. The van der Waals surface area contributed by atoms with Gasteiger partial charge in [-0.2, -0.15) is 0 Å². The van der Waals surface area contributed by atoms with Crippen molar-refractivity contribution < 1.29 is 23.2 Å². The highest BCUT2D eigenvalue weighted by Crippen LogP contribution is 2.27. The lowest BCUT2D eigenvalue weighted by molar-refractivity contribution is -0.139. The Morgan fingerprint density at radius 2 is 1.95 bits per heavy atom. The summed E-state index contributed by atoms with van der Waals surface area (Å²) in [6.07, 6.45) is 2.78. The highest BCUT2D eigenvalue weighted by molar-refractivity contribution is 6.04. The molecule has 0 fully saturated rings. The summed E-state index contributed by atoms with van der Waals surface area (Å²) in [4.78, 5) is 22.9. The molecule has 1 aromatic carbocycles. The Morgan fingerprint density at radius 3 is 2.76 bits per heavy atom. The van der Waals surface area contributed by atoms with Gasteiger partial charge in [0.25, 0.3) is 0 Å². The maximum atomic E-state index is 11.8. The zero-order valence-electron chi connectivity index (χ0n) is 11.3. The average Bonchev–Trinajstić information content (AvgIpc) is 3.15. The number of rotatable bonds is 4. The minimum Gasteiger partial charge on any atom is -0.469 e. The smallest absolute Gasteiger partial charge is 0.313 e. The first-order valence-corrected chi connectivity index (χ1v) is 6.33. The van der Waals surface area contributed by atoms with Gasteiger partial charge in [-0.15, -0.1) is 0 Å². The molecule has 5 heteroatoms. The number of furan rings is 2. The van der Waals surface area contributed by atoms with Gasteiger partial charge < -0.3 is 13.6 Å². The fourth-order valence-corrected chi connectivity index (χ4v) is 2.07. The van der Waals surface area contributed by atoms with Crippen LogP contribution in [0, 0.1) is 0 Å². The fraction of sp³-hybridized carbons (Fsp3) is 0.125. The Morgan fingerprint density at radius 1 is 1.10 bits per heavy atom. The van der Waals surface area contributed by atoms with Crippen LogP contribution in [0.4, 0.5) is 0 Å². The SMILES string of the molecule is COC(=O)CC(=O)c1cc(-c2ccc3occc3c2)co1. The Hall–Kier alpha value is -2.82. The van der Waals surface area contributed by atoms with Crippen molar-refractivity contribution in [2.45, 2.75) is 6.42 Å². The number of esters is 1. The molecule has 3 rings (SSSR count). The number of fused-ring (bicyclic) bond motifs is 1. The molecule has 0 aliphatic heterocycles. The number of carbonyl (C=O) groups excluding carboxylic acids is 2. The number of Topliss-reactive ketones (excluding diaryl/α,β-unsaturated/α-hetero) is 1. The van der Waals surface area contributed by atoms with Gasteiger partial charge in [-0.25, -0.2) is 0 Å². The first-order chi connectivity index (χ1) is 10.2. The molecule has 2 aromatic heterocycles. The van der Waals surface area contributed by atoms with Crippen LogP contribution in [0.25, 0.3) is 22.1 Å². The van der Waals surface area contributed by atoms with Crippen LogP contribution in [0.15, 0.2) is 51.7 Å². The number of carbonyl (C=O) groups is 2. The molecule has 0 amide bonds. The van der Waals surface area contributed by atoms with Gasteiger partial charge in [-0.05, 0) is 29.8 Å². The monoisotopic (exact) mass is 284 g/mol. The molecule has 0 radical (unpaired) electrons. The lowest BCUT2D eigenvalue weighted by Gasteiger charge is -1.96. The lowest BCUT2D eigenvalue weighted by atomic mass is 10.1. The molecule has 0 aliphatic rings. The Balaban J connectivity index is 1.87. The van der Waals surface area contributed by atoms with Crippen molar-refractivity contribution in [3.63, 3.8) is 0 Å². The minimum atomic E-state index is -0.585. The molecule has 106 valence electrons. The average molecular weight is 284 g/mol. The van der Waals surface area contributed by atoms with Crippen molar-refractivity contribution in [2.75, 3.05) is 7.11 Å². The van der Waals surface area contributed by atoms with Crippen molar-refractivity contribution in [3.8, 4) is 11.1 Å². The minimum absolute atomic E-state index is 0.141. The second-order valence-electron chi connectivity index (χ2n) is 4.55. The van der Waals surface area contributed by atoms with E-state index in [4.69, 9.17) is 8.83 Å². The molecular weight excluding hydrogens is 272 g/mol. The molecule has 0 N–H and O–H groups in total. The zero-order chi connectivity index (χ0) is 14.8. The summed E-state index contributed by atoms with van der Waals surface area (Å²) in [7, 11) is 1.24. The molecule has 21 heavy (non-hydrogen) atoms. The number of methoxy groups -OCH3 is 1. The largest absolute Gasteiger partial charge is 0.469 e. The van der Waals surface area contributed by atoms with Gasteiger partial charge in [0.1, 0.15) is 12.0 Å². The molecule has 2 heterocycles. The summed E-state index contributed by atoms with van der Waals surface area (Å²) in [5.74, 6) is -0.849. The first-order valence-electron chi connectivity index (χ1n) is 6.33. The Labute approximate surface area is 120 Å². The van der Waals surface area contributed by atoms with E-state index in [1.807, 2.05) is 24.3 Å². The summed E-state index contributed by atoms with van der Waals surface area (Å²) in [6, 6.07) is 9.16. The normalized spacial score (nSPS) is 10.7. The standard InChI is InChI=1S/C16H12O5/c1-19-16(18)8-13(17)15-7-12(9-21-15)10-2-3-14-11(6-10)4-5-20-14/h2-7,9H,8H2,1H3. The number of hydrogen-bond donors (Lipinski definition) is 0. The van der Waals surface area contributed by atoms with Crippen LogP contribution in [0.3, 0.4) is 0 Å². The first kappa shape index (κ1) is 13.2. The van der Waals surface area contributed by atoms with Crippen molar-refractivity contribution in [2.24, 2.45) is 0 Å². The molecule has 0 bridgehead atoms. The van der Waals surface area contributed by atoms with Gasteiger partial charge in [0.2, 0.25) is 5.78 Å². The van der Waals surface area contributed by atoms with Crippen LogP contribution in [0.1, 0.15) is 17.0 Å². The molecule has 5 nitrogen and oxygen atoms in total. The van der Waals surface area contributed by atoms with Crippen LogP contribution in [0.2, 0.25) is 0 Å². The number of benzene rings is 1. The predicted molar refractivity (Wildman–Crippen MR) is 74.9 cm³/mol. The van der Waals surface area contributed by atoms with Gasteiger partial charge in [-0.1, -0.05) is 6.07 Å². The maximum absolute atomic E-state index is 11.8. The van der Waals surface area contributed by atoms with Gasteiger partial charge in [0.05, 0.1) is 19.6 Å². The summed E-state index contributed by atoms with van der Waals surface area (Å²) < 4.78 is 15.0. The lowest BCUT2D eigenvalue weighted by Crippen LogP contribution is -2.08. The van der Waals surface area contributed by atoms with Crippen molar-refractivity contribution in [3.05, 3.63) is 48.6 Å². The quantitative estimate of drug-likeness (QED) is 0.417. The van der Waals surface area contributed by atoms with E-state index >= 15 is 0 Å². The van der Waals surface area contributed by atoms with Crippen LogP contribution in [-0.4, -0.2) is 18.9 Å². The van der Waals surface area contributed by atoms with Gasteiger partial charge >= 0.3 is 5.97 Å². The third kappa shape index (κ3) is 2.58. The van der Waals surface area contributed by atoms with Crippen LogP contribution in [0.5, 0.6) is 0 Å². The molecule has 0 aliphatic carbocycles. The Kier molecular flexibility index (Phi) is 3.31. The highest BCUT2D eigenvalue weighted by atomic mass is 16.5. The fourth-order valence-electron chi connectivity index (χ4n) is 2.07. The number of ether oxygens (including phenoxy) is 1. The molecule has 0 saturated carbocycles. The second kappa shape index (κ2) is 5.28. The predicted octanol–water partition coefficient (Wildman–Crippen LogP) is 3.44. The van der Waals surface area contributed by atoms with Gasteiger partial charge in [0, 0.05) is 10.9 Å². The maximum Gasteiger partial charge on any atom is 0.313 e. The summed E-state index contributed by atoms with van der Waals surface area (Å²) >= 11 is 0. The van der Waals surface area contributed by atoms with E-state index in [0.717, 1.165) is 22.1 Å². The van der Waals surface area contributed by atoms with E-state index < -0.39 is 11.8 Å². The van der Waals surface area contributed by atoms with E-state index in [1.54, 1.807) is 12.3 Å². The van der Waals surface area contributed by atoms with E-state index in [0.29, 0.717) is 0 Å². The summed E-state index contributed by atoms with van der Waals surface area (Å²) in [5, 5.41) is 0.969. The highest BCUT2D eigenvalue weighted by Gasteiger charge is 2.16. The Bertz CT molecular complexity index is 809. The topological polar surface area (TPSA) is 69.7 Å². The second-order valence-corrected chi connectivity index (χ2v) is 4.55. The van der Waals surface area contributed by atoms with Crippen LogP contribution < -0.4 is 0 Å². The number of ketones is 1. The van der Waals surface area contributed by atoms with Gasteiger partial charge in [0.15, 0.2) is 5.76 Å². The van der Waals surface area contributed by atoms with E-state index in [2.05, 4.69) is 4.74 Å². The van der Waals surface area contributed by atoms with Gasteiger partial charge in [-0.3, -0.25) is 9.59 Å². The third-order valence-corrected chi connectivity index (χ3v) is 3.19. The van der Waals surface area contributed by atoms with E-state index in [-0.39, 0.29) is 12.2 Å². The van der Waals surface area contributed by atoms with Crippen molar-refractivity contribution >= 4 is 22.7 Å². The van der Waals surface area contributed by atoms with Crippen molar-refractivity contribution in [1.29, 1.82) is 0 Å². The molecule has 0 saturated heterocycles. The van der Waals surface area contributed by atoms with Crippen LogP contribution >= 0.6 is 0 Å². The number of hydrogen-bond acceptors (Lipinski definition) is 5. The summed E-state index contributed by atoms with van der Waals surface area (Å²) in [6.45, 7) is 0. The molecule has 0 spiro atoms. The van der Waals surface area contributed by atoms with Crippen molar-refractivity contribution in [1.82, 2.24) is 0 Å². The molecule has 0 atom stereocenters. The van der Waals surface area contributed by atoms with Crippen LogP contribution in [-0.2, 0) is 9.53 Å². The molecule has 3 aromatic rings. The van der Waals surface area contributed by atoms with E-state index in [1.165, 1.54) is 13.4 Å². The summed E-state index contributed by atoms with van der Waals surface area (Å²) in [5.41, 5.74) is 2.47. The molecular formula is C16H12O5. The van der Waals surface area contributed by atoms with E-state index in [9.17, 15) is 9.59 Å². The zero-order valence-corrected chi connectivity index (χ0v) is 11.3. The third-order valence-electron chi connectivity index (χ3n) is 3.19.